The minimum absolute atomic E-state index is 0.0406. The van der Waals surface area contributed by atoms with Gasteiger partial charge >= 0.3 is 0 Å². The molecule has 37 heavy (non-hydrogen) atoms. The first kappa shape index (κ1) is 26.8. The zero-order valence-electron chi connectivity index (χ0n) is 21.7. The number of methoxy groups -OCH3 is 2. The Balaban J connectivity index is 1.85. The minimum atomic E-state index is -0.487. The molecule has 1 unspecified atom stereocenters. The first-order chi connectivity index (χ1) is 17.4. The van der Waals surface area contributed by atoms with E-state index in [9.17, 15) is 9.59 Å². The Kier molecular flexibility index (Phi) is 7.19. The van der Waals surface area contributed by atoms with Crippen molar-refractivity contribution in [2.24, 2.45) is 0 Å². The fourth-order valence-electron chi connectivity index (χ4n) is 5.66. The van der Waals surface area contributed by atoms with Crippen molar-refractivity contribution in [1.82, 2.24) is 0 Å². The standard InChI is InChI=1S/C29H30Cl2N2O4/c1-17(34)33-23-13-12-19(32-27(35)24-25(36-5)21(30)15-22(31)26(24)37-6)14-20(23)29(4,16-28(33,2)3)18-10-8-7-9-11-18/h7-15H,16H2,1-6H3,(H,32,35). The van der Waals surface area contributed by atoms with Crippen LogP contribution in [0.4, 0.5) is 11.4 Å². The summed E-state index contributed by atoms with van der Waals surface area (Å²) in [6.45, 7) is 7.91. The van der Waals surface area contributed by atoms with Crippen molar-refractivity contribution in [2.45, 2.75) is 45.1 Å². The number of hydrogen-bond donors (Lipinski definition) is 1. The van der Waals surface area contributed by atoms with Crippen LogP contribution in [0.15, 0.2) is 54.6 Å². The lowest BCUT2D eigenvalue weighted by molar-refractivity contribution is -0.117. The van der Waals surface area contributed by atoms with E-state index in [0.717, 1.165) is 16.8 Å². The molecule has 1 heterocycles. The number of carbonyl (C=O) groups excluding carboxylic acids is 2. The van der Waals surface area contributed by atoms with Crippen LogP contribution in [0.3, 0.4) is 0 Å². The average Bonchev–Trinajstić information content (AvgIpc) is 2.83. The molecule has 1 atom stereocenters. The van der Waals surface area contributed by atoms with E-state index in [4.69, 9.17) is 32.7 Å². The van der Waals surface area contributed by atoms with Gasteiger partial charge in [0, 0.05) is 29.3 Å². The maximum Gasteiger partial charge on any atom is 0.263 e. The van der Waals surface area contributed by atoms with Gasteiger partial charge in [-0.05, 0) is 55.7 Å². The van der Waals surface area contributed by atoms with E-state index >= 15 is 0 Å². The van der Waals surface area contributed by atoms with E-state index in [2.05, 4.69) is 38.2 Å². The van der Waals surface area contributed by atoms with Crippen LogP contribution in [-0.4, -0.2) is 31.6 Å². The molecule has 194 valence electrons. The minimum Gasteiger partial charge on any atom is -0.494 e. The number of carbonyl (C=O) groups is 2. The highest BCUT2D eigenvalue weighted by atomic mass is 35.5. The second-order valence-corrected chi connectivity index (χ2v) is 10.8. The lowest BCUT2D eigenvalue weighted by atomic mass is 9.65. The zero-order chi connectivity index (χ0) is 27.1. The summed E-state index contributed by atoms with van der Waals surface area (Å²) in [6, 6.07) is 17.3. The van der Waals surface area contributed by atoms with E-state index < -0.39 is 16.9 Å². The number of anilines is 2. The molecule has 0 radical (unpaired) electrons. The first-order valence-corrected chi connectivity index (χ1v) is 12.6. The number of amides is 2. The Hall–Kier alpha value is -3.22. The molecule has 3 aromatic rings. The Morgan fingerprint density at radius 3 is 2.05 bits per heavy atom. The van der Waals surface area contributed by atoms with Crippen molar-refractivity contribution in [2.75, 3.05) is 24.4 Å². The first-order valence-electron chi connectivity index (χ1n) is 11.9. The maximum atomic E-state index is 13.5. The predicted octanol–water partition coefficient (Wildman–Crippen LogP) is 7.10. The summed E-state index contributed by atoms with van der Waals surface area (Å²) in [5, 5.41) is 3.34. The summed E-state index contributed by atoms with van der Waals surface area (Å²) in [7, 11) is 2.85. The lowest BCUT2D eigenvalue weighted by Gasteiger charge is -2.51. The monoisotopic (exact) mass is 540 g/mol. The van der Waals surface area contributed by atoms with Crippen LogP contribution in [0.5, 0.6) is 11.5 Å². The van der Waals surface area contributed by atoms with Crippen LogP contribution in [0.2, 0.25) is 10.0 Å². The van der Waals surface area contributed by atoms with Crippen molar-refractivity contribution in [1.29, 1.82) is 0 Å². The molecule has 1 aliphatic rings. The molecule has 0 fully saturated rings. The topological polar surface area (TPSA) is 67.9 Å². The van der Waals surface area contributed by atoms with Crippen molar-refractivity contribution in [3.63, 3.8) is 0 Å². The Morgan fingerprint density at radius 1 is 0.919 bits per heavy atom. The Labute approximate surface area is 227 Å². The van der Waals surface area contributed by atoms with Crippen LogP contribution in [0, 0.1) is 0 Å². The number of nitrogens with one attached hydrogen (secondary N) is 1. The molecular weight excluding hydrogens is 511 g/mol. The number of nitrogens with zero attached hydrogens (tertiary/aromatic N) is 1. The third-order valence-corrected chi connectivity index (χ3v) is 7.55. The molecule has 0 saturated heterocycles. The van der Waals surface area contributed by atoms with Crippen LogP contribution in [0.1, 0.15) is 55.6 Å². The fraction of sp³-hybridized carbons (Fsp3) is 0.310. The van der Waals surface area contributed by atoms with Gasteiger partial charge in [-0.1, -0.05) is 60.5 Å². The smallest absolute Gasteiger partial charge is 0.263 e. The summed E-state index contributed by atoms with van der Waals surface area (Å²) in [4.78, 5) is 28.1. The molecule has 3 aromatic carbocycles. The summed E-state index contributed by atoms with van der Waals surface area (Å²) >= 11 is 12.6. The molecule has 0 spiro atoms. The van der Waals surface area contributed by atoms with Crippen LogP contribution in [0.25, 0.3) is 0 Å². The molecule has 0 saturated carbocycles. The van der Waals surface area contributed by atoms with Gasteiger partial charge in [0.25, 0.3) is 5.91 Å². The van der Waals surface area contributed by atoms with Gasteiger partial charge in [0.2, 0.25) is 5.91 Å². The van der Waals surface area contributed by atoms with E-state index in [0.29, 0.717) is 12.1 Å². The summed E-state index contributed by atoms with van der Waals surface area (Å²) in [6.07, 6.45) is 0.694. The number of fused-ring (bicyclic) bond motifs is 1. The molecule has 4 rings (SSSR count). The summed E-state index contributed by atoms with van der Waals surface area (Å²) in [5.74, 6) is -0.200. The van der Waals surface area contributed by atoms with E-state index in [-0.39, 0.29) is 33.0 Å². The quantitative estimate of drug-likeness (QED) is 0.374. The summed E-state index contributed by atoms with van der Waals surface area (Å²) < 4.78 is 10.8. The second kappa shape index (κ2) is 9.92. The number of rotatable bonds is 5. The van der Waals surface area contributed by atoms with E-state index in [1.54, 1.807) is 13.0 Å². The number of hydrogen-bond acceptors (Lipinski definition) is 4. The maximum absolute atomic E-state index is 13.5. The van der Waals surface area contributed by atoms with Crippen LogP contribution < -0.4 is 19.7 Å². The van der Waals surface area contributed by atoms with Gasteiger partial charge in [-0.15, -0.1) is 0 Å². The fourth-order valence-corrected chi connectivity index (χ4v) is 6.28. The second-order valence-electron chi connectivity index (χ2n) is 10.0. The Morgan fingerprint density at radius 2 is 1.51 bits per heavy atom. The lowest BCUT2D eigenvalue weighted by Crippen LogP contribution is -2.55. The van der Waals surface area contributed by atoms with E-state index in [1.165, 1.54) is 20.3 Å². The van der Waals surface area contributed by atoms with Crippen LogP contribution in [-0.2, 0) is 10.2 Å². The average molecular weight is 541 g/mol. The van der Waals surface area contributed by atoms with Crippen molar-refractivity contribution >= 4 is 46.4 Å². The van der Waals surface area contributed by atoms with Gasteiger partial charge in [-0.3, -0.25) is 9.59 Å². The van der Waals surface area contributed by atoms with Gasteiger partial charge in [-0.2, -0.15) is 0 Å². The number of benzene rings is 3. The third kappa shape index (κ3) is 4.64. The number of halogens is 2. The molecular formula is C29H30Cl2N2O4. The molecule has 0 aliphatic carbocycles. The third-order valence-electron chi connectivity index (χ3n) is 6.98. The molecule has 0 aromatic heterocycles. The highest BCUT2D eigenvalue weighted by Crippen LogP contribution is 2.51. The zero-order valence-corrected chi connectivity index (χ0v) is 23.3. The molecule has 1 N–H and O–H groups in total. The van der Waals surface area contributed by atoms with Crippen LogP contribution >= 0.6 is 23.2 Å². The highest BCUT2D eigenvalue weighted by molar-refractivity contribution is 6.38. The van der Waals surface area contributed by atoms with Crippen molar-refractivity contribution < 1.29 is 19.1 Å². The summed E-state index contributed by atoms with van der Waals surface area (Å²) in [5.41, 5.74) is 2.68. The molecule has 6 nitrogen and oxygen atoms in total. The SMILES string of the molecule is COc1c(Cl)cc(Cl)c(OC)c1C(=O)Nc1ccc2c(c1)C(C)(c1ccccc1)CC(C)(C)N2C(C)=O. The van der Waals surface area contributed by atoms with Crippen molar-refractivity contribution in [3.8, 4) is 11.5 Å². The largest absolute Gasteiger partial charge is 0.494 e. The molecule has 8 heteroatoms. The van der Waals surface area contributed by atoms with Gasteiger partial charge in [0.05, 0.1) is 24.3 Å². The predicted molar refractivity (Wildman–Crippen MR) is 149 cm³/mol. The van der Waals surface area contributed by atoms with Gasteiger partial charge in [-0.25, -0.2) is 0 Å². The Bertz CT molecular complexity index is 1350. The highest BCUT2D eigenvalue weighted by Gasteiger charge is 2.47. The normalized spacial score (nSPS) is 18.1. The molecule has 0 bridgehead atoms. The van der Waals surface area contributed by atoms with Gasteiger partial charge in [0.1, 0.15) is 5.56 Å². The van der Waals surface area contributed by atoms with Gasteiger partial charge < -0.3 is 19.7 Å². The molecule has 2 amide bonds. The van der Waals surface area contributed by atoms with E-state index in [1.807, 2.05) is 35.2 Å². The van der Waals surface area contributed by atoms with Gasteiger partial charge in [0.15, 0.2) is 11.5 Å². The van der Waals surface area contributed by atoms with Crippen molar-refractivity contribution in [3.05, 3.63) is 81.3 Å². The molecule has 1 aliphatic heterocycles. The number of ether oxygens (including phenoxy) is 2.